The fourth-order valence-corrected chi connectivity index (χ4v) is 4.71. The van der Waals surface area contributed by atoms with Crippen LogP contribution in [0.2, 0.25) is 0 Å². The quantitative estimate of drug-likeness (QED) is 0.398. The Morgan fingerprint density at radius 2 is 1.75 bits per heavy atom. The maximum atomic E-state index is 13.3. The SMILES string of the molecule is CCOc1ccc(C(=O)Cn2nc3n(C)c(=O)c4ccc(C(=O)NC5CCCC5)cc4n3c2=O)cc1. The number of nitrogens with zero attached hydrogens (tertiary/aromatic N) is 4. The number of aryl methyl sites for hydroxylation is 1. The van der Waals surface area contributed by atoms with Crippen molar-refractivity contribution >= 4 is 28.4 Å². The van der Waals surface area contributed by atoms with E-state index in [0.717, 1.165) is 30.4 Å². The van der Waals surface area contributed by atoms with Gasteiger partial charge in [-0.2, -0.15) is 0 Å². The number of carbonyl (C=O) groups is 2. The molecule has 186 valence electrons. The molecule has 0 saturated heterocycles. The van der Waals surface area contributed by atoms with Crippen LogP contribution in [0.15, 0.2) is 52.1 Å². The Morgan fingerprint density at radius 1 is 1.06 bits per heavy atom. The molecule has 0 spiro atoms. The van der Waals surface area contributed by atoms with Gasteiger partial charge in [-0.05, 0) is 62.2 Å². The summed E-state index contributed by atoms with van der Waals surface area (Å²) in [6, 6.07) is 11.5. The summed E-state index contributed by atoms with van der Waals surface area (Å²) in [6.07, 6.45) is 4.06. The molecule has 4 aromatic rings. The molecule has 5 rings (SSSR count). The molecular weight excluding hydrogens is 462 g/mol. The van der Waals surface area contributed by atoms with Crippen LogP contribution in [0.1, 0.15) is 53.3 Å². The molecule has 10 nitrogen and oxygen atoms in total. The summed E-state index contributed by atoms with van der Waals surface area (Å²) >= 11 is 0. The van der Waals surface area contributed by atoms with E-state index in [1.54, 1.807) is 36.4 Å². The van der Waals surface area contributed by atoms with E-state index >= 15 is 0 Å². The molecule has 2 heterocycles. The molecule has 1 fully saturated rings. The van der Waals surface area contributed by atoms with Gasteiger partial charge in [0, 0.05) is 24.2 Å². The molecule has 1 saturated carbocycles. The lowest BCUT2D eigenvalue weighted by Crippen LogP contribution is -2.32. The van der Waals surface area contributed by atoms with Crippen LogP contribution in [0.3, 0.4) is 0 Å². The molecule has 2 aromatic carbocycles. The molecule has 1 aliphatic rings. The van der Waals surface area contributed by atoms with Gasteiger partial charge >= 0.3 is 5.69 Å². The maximum absolute atomic E-state index is 13.3. The average molecular weight is 490 g/mol. The molecule has 0 atom stereocenters. The second-order valence-corrected chi connectivity index (χ2v) is 9.01. The molecule has 1 N–H and O–H groups in total. The van der Waals surface area contributed by atoms with Gasteiger partial charge in [0.1, 0.15) is 12.3 Å². The Labute approximate surface area is 206 Å². The Morgan fingerprint density at radius 3 is 2.44 bits per heavy atom. The zero-order valence-corrected chi connectivity index (χ0v) is 20.2. The van der Waals surface area contributed by atoms with Crippen LogP contribution in [0.4, 0.5) is 0 Å². The number of nitrogens with one attached hydrogen (secondary N) is 1. The van der Waals surface area contributed by atoms with E-state index in [4.69, 9.17) is 4.74 Å². The number of Topliss-reactive ketones (excluding diaryl/α,β-unsaturated/α-hetero) is 1. The second-order valence-electron chi connectivity index (χ2n) is 9.01. The summed E-state index contributed by atoms with van der Waals surface area (Å²) in [5.41, 5.74) is 0.117. The van der Waals surface area contributed by atoms with Crippen molar-refractivity contribution in [1.82, 2.24) is 24.1 Å². The van der Waals surface area contributed by atoms with E-state index in [1.165, 1.54) is 22.1 Å². The van der Waals surface area contributed by atoms with Gasteiger partial charge in [-0.15, -0.1) is 5.10 Å². The van der Waals surface area contributed by atoms with Crippen molar-refractivity contribution in [3.8, 4) is 5.75 Å². The summed E-state index contributed by atoms with van der Waals surface area (Å²) in [4.78, 5) is 52.0. The smallest absolute Gasteiger partial charge is 0.352 e. The summed E-state index contributed by atoms with van der Waals surface area (Å²) in [5, 5.41) is 7.58. The van der Waals surface area contributed by atoms with E-state index < -0.39 is 5.69 Å². The lowest BCUT2D eigenvalue weighted by atomic mass is 10.1. The number of carbonyl (C=O) groups excluding carboxylic acids is 2. The average Bonchev–Trinajstić information content (AvgIpc) is 3.51. The Hall–Kier alpha value is -4.21. The van der Waals surface area contributed by atoms with Crippen LogP contribution < -0.4 is 21.3 Å². The number of benzene rings is 2. The highest BCUT2D eigenvalue weighted by Gasteiger charge is 2.21. The zero-order valence-electron chi connectivity index (χ0n) is 20.2. The van der Waals surface area contributed by atoms with Crippen LogP contribution >= 0.6 is 0 Å². The van der Waals surface area contributed by atoms with Gasteiger partial charge in [0.05, 0.1) is 17.5 Å². The van der Waals surface area contributed by atoms with Crippen LogP contribution in [-0.4, -0.2) is 43.1 Å². The van der Waals surface area contributed by atoms with Gasteiger partial charge in [-0.1, -0.05) is 12.8 Å². The van der Waals surface area contributed by atoms with E-state index in [-0.39, 0.29) is 46.5 Å². The van der Waals surface area contributed by atoms with E-state index in [2.05, 4.69) is 10.4 Å². The lowest BCUT2D eigenvalue weighted by molar-refractivity contribution is 0.0936. The Balaban J connectivity index is 1.53. The maximum Gasteiger partial charge on any atom is 0.352 e. The normalized spacial score (nSPS) is 13.9. The minimum atomic E-state index is -0.571. The molecule has 1 aliphatic carbocycles. The highest BCUT2D eigenvalue weighted by Crippen LogP contribution is 2.19. The first-order valence-corrected chi connectivity index (χ1v) is 12.1. The Bertz CT molecular complexity index is 1590. The van der Waals surface area contributed by atoms with Gasteiger partial charge < -0.3 is 10.1 Å². The minimum Gasteiger partial charge on any atom is -0.494 e. The number of hydrogen-bond acceptors (Lipinski definition) is 6. The van der Waals surface area contributed by atoms with E-state index in [0.29, 0.717) is 23.5 Å². The van der Waals surface area contributed by atoms with Crippen LogP contribution in [0, 0.1) is 0 Å². The van der Waals surface area contributed by atoms with Crippen molar-refractivity contribution in [1.29, 1.82) is 0 Å². The standard InChI is InChI=1S/C26H27N5O5/c1-3-36-19-11-8-16(9-12-19)22(32)15-30-26(35)31-21-14-17(23(33)27-18-6-4-5-7-18)10-13-20(21)24(34)29(2)25(31)28-30/h8-14,18H,3-7,15H2,1-2H3,(H,27,33). The first kappa shape index (κ1) is 23.5. The van der Waals surface area contributed by atoms with Gasteiger partial charge in [0.2, 0.25) is 5.78 Å². The lowest BCUT2D eigenvalue weighted by Gasteiger charge is -2.12. The molecule has 0 unspecified atom stereocenters. The molecule has 0 aliphatic heterocycles. The molecule has 10 heteroatoms. The number of aromatic nitrogens is 4. The monoisotopic (exact) mass is 489 g/mol. The third kappa shape index (κ3) is 4.19. The second kappa shape index (κ2) is 9.44. The number of fused-ring (bicyclic) bond motifs is 3. The Kier molecular flexibility index (Phi) is 6.17. The predicted molar refractivity (Wildman–Crippen MR) is 134 cm³/mol. The fourth-order valence-electron chi connectivity index (χ4n) is 4.71. The van der Waals surface area contributed by atoms with Crippen LogP contribution in [0.5, 0.6) is 5.75 Å². The summed E-state index contributed by atoms with van der Waals surface area (Å²) in [6.45, 7) is 2.09. The zero-order chi connectivity index (χ0) is 25.4. The number of ketones is 1. The molecular formula is C26H27N5O5. The number of ether oxygens (including phenoxy) is 1. The van der Waals surface area contributed by atoms with E-state index in [9.17, 15) is 19.2 Å². The predicted octanol–water partition coefficient (Wildman–Crippen LogP) is 2.30. The number of rotatable bonds is 7. The molecule has 0 bridgehead atoms. The minimum absolute atomic E-state index is 0.0883. The van der Waals surface area contributed by atoms with Gasteiger partial charge in [-0.3, -0.25) is 19.0 Å². The third-order valence-corrected chi connectivity index (χ3v) is 6.63. The van der Waals surface area contributed by atoms with Crippen molar-refractivity contribution in [2.75, 3.05) is 6.61 Å². The van der Waals surface area contributed by atoms with Crippen molar-refractivity contribution in [2.45, 2.75) is 45.2 Å². The van der Waals surface area contributed by atoms with E-state index in [1.807, 2.05) is 6.92 Å². The van der Waals surface area contributed by atoms with Gasteiger partial charge in [-0.25, -0.2) is 13.9 Å². The fraction of sp³-hybridized carbons (Fsp3) is 0.346. The highest BCUT2D eigenvalue weighted by atomic mass is 16.5. The highest BCUT2D eigenvalue weighted by molar-refractivity contribution is 5.98. The summed E-state index contributed by atoms with van der Waals surface area (Å²) in [5.74, 6) is 0.178. The molecule has 2 aromatic heterocycles. The van der Waals surface area contributed by atoms with Crippen molar-refractivity contribution in [3.05, 3.63) is 74.4 Å². The first-order valence-electron chi connectivity index (χ1n) is 12.1. The first-order chi connectivity index (χ1) is 17.4. The number of hydrogen-bond donors (Lipinski definition) is 1. The summed E-state index contributed by atoms with van der Waals surface area (Å²) in [7, 11) is 1.52. The van der Waals surface area contributed by atoms with Crippen LogP contribution in [0.25, 0.3) is 16.7 Å². The van der Waals surface area contributed by atoms with Crippen molar-refractivity contribution in [3.63, 3.8) is 0 Å². The van der Waals surface area contributed by atoms with Crippen LogP contribution in [-0.2, 0) is 13.6 Å². The molecule has 1 amide bonds. The largest absolute Gasteiger partial charge is 0.494 e. The van der Waals surface area contributed by atoms with Crippen molar-refractivity contribution < 1.29 is 14.3 Å². The molecule has 0 radical (unpaired) electrons. The third-order valence-electron chi connectivity index (χ3n) is 6.63. The summed E-state index contributed by atoms with van der Waals surface area (Å²) < 4.78 is 8.98. The number of amides is 1. The topological polar surface area (TPSA) is 117 Å². The molecule has 36 heavy (non-hydrogen) atoms. The van der Waals surface area contributed by atoms with Gasteiger partial charge in [0.15, 0.2) is 5.78 Å². The van der Waals surface area contributed by atoms with Crippen molar-refractivity contribution in [2.24, 2.45) is 7.05 Å². The van der Waals surface area contributed by atoms with Gasteiger partial charge in [0.25, 0.3) is 11.5 Å².